The molecule has 0 radical (unpaired) electrons. The summed E-state index contributed by atoms with van der Waals surface area (Å²) in [5, 5.41) is 0. The van der Waals surface area contributed by atoms with E-state index in [4.69, 9.17) is 12.6 Å². The molecule has 0 heterocycles. The zero-order chi connectivity index (χ0) is 22.9. The van der Waals surface area contributed by atoms with Gasteiger partial charge in [0.05, 0.1) is 0 Å². The summed E-state index contributed by atoms with van der Waals surface area (Å²) in [7, 11) is 0. The van der Waals surface area contributed by atoms with E-state index in [1.54, 1.807) is 0 Å². The van der Waals surface area contributed by atoms with Gasteiger partial charge in [0.2, 0.25) is 0 Å². The number of rotatable bonds is 6. The van der Waals surface area contributed by atoms with E-state index in [9.17, 15) is 0 Å². The van der Waals surface area contributed by atoms with Gasteiger partial charge in [-0.3, -0.25) is 0 Å². The summed E-state index contributed by atoms with van der Waals surface area (Å²) in [5.74, 6) is 1.83. The SMILES string of the molecule is CC(C)c1cccc(C(C)C)c1-c1cccc(-c2c(C(C)C)cccc2C(C)C)c1S. The van der Waals surface area contributed by atoms with Crippen molar-refractivity contribution in [3.63, 3.8) is 0 Å². The molecule has 0 aliphatic heterocycles. The lowest BCUT2D eigenvalue weighted by molar-refractivity contribution is 0.835. The first-order chi connectivity index (χ1) is 14.6. The van der Waals surface area contributed by atoms with E-state index in [0.29, 0.717) is 23.7 Å². The Morgan fingerprint density at radius 2 is 0.710 bits per heavy atom. The Morgan fingerprint density at radius 1 is 0.452 bits per heavy atom. The van der Waals surface area contributed by atoms with Crippen LogP contribution in [-0.2, 0) is 0 Å². The van der Waals surface area contributed by atoms with Gasteiger partial charge in [-0.1, -0.05) is 110 Å². The topological polar surface area (TPSA) is 0 Å². The zero-order valence-corrected chi connectivity index (χ0v) is 21.3. The van der Waals surface area contributed by atoms with Crippen LogP contribution in [0.4, 0.5) is 0 Å². The van der Waals surface area contributed by atoms with Gasteiger partial charge in [0.25, 0.3) is 0 Å². The smallest absolute Gasteiger partial charge is 0.0198 e. The molecule has 0 aromatic heterocycles. The summed E-state index contributed by atoms with van der Waals surface area (Å²) in [6.07, 6.45) is 0. The summed E-state index contributed by atoms with van der Waals surface area (Å²) in [6.45, 7) is 18.3. The molecule has 3 aromatic carbocycles. The molecule has 0 amide bonds. The van der Waals surface area contributed by atoms with Crippen LogP contribution < -0.4 is 0 Å². The van der Waals surface area contributed by atoms with Crippen LogP contribution in [0.25, 0.3) is 22.3 Å². The highest BCUT2D eigenvalue weighted by Gasteiger charge is 2.22. The normalized spacial score (nSPS) is 11.9. The Labute approximate surface area is 195 Å². The van der Waals surface area contributed by atoms with Crippen molar-refractivity contribution in [2.45, 2.75) is 84.0 Å². The quantitative estimate of drug-likeness (QED) is 0.370. The molecule has 164 valence electrons. The first-order valence-corrected chi connectivity index (χ1v) is 12.2. The maximum Gasteiger partial charge on any atom is 0.0198 e. The fourth-order valence-corrected chi connectivity index (χ4v) is 5.04. The van der Waals surface area contributed by atoms with Gasteiger partial charge in [-0.2, -0.15) is 0 Å². The van der Waals surface area contributed by atoms with Gasteiger partial charge in [0.15, 0.2) is 0 Å². The maximum atomic E-state index is 5.20. The number of thiol groups is 1. The highest BCUT2D eigenvalue weighted by Crippen LogP contribution is 2.45. The van der Waals surface area contributed by atoms with Crippen molar-refractivity contribution in [2.75, 3.05) is 0 Å². The third-order valence-corrected chi connectivity index (χ3v) is 6.80. The maximum absolute atomic E-state index is 5.20. The van der Waals surface area contributed by atoms with Crippen molar-refractivity contribution < 1.29 is 0 Å². The average Bonchev–Trinajstić information content (AvgIpc) is 2.72. The van der Waals surface area contributed by atoms with Crippen LogP contribution >= 0.6 is 12.6 Å². The third kappa shape index (κ3) is 4.62. The Morgan fingerprint density at radius 3 is 0.968 bits per heavy atom. The predicted molar refractivity (Wildman–Crippen MR) is 141 cm³/mol. The molecule has 1 heteroatoms. The van der Waals surface area contributed by atoms with Crippen LogP contribution in [0.15, 0.2) is 59.5 Å². The molecule has 0 spiro atoms. The Hall–Kier alpha value is -1.99. The Kier molecular flexibility index (Phi) is 7.37. The molecule has 0 N–H and O–H groups in total. The summed E-state index contributed by atoms with van der Waals surface area (Å²) < 4.78 is 0. The van der Waals surface area contributed by atoms with E-state index in [1.165, 1.54) is 44.5 Å². The van der Waals surface area contributed by atoms with Gasteiger partial charge in [-0.05, 0) is 68.2 Å². The van der Waals surface area contributed by atoms with E-state index >= 15 is 0 Å². The lowest BCUT2D eigenvalue weighted by atomic mass is 9.82. The lowest BCUT2D eigenvalue weighted by Gasteiger charge is -2.24. The van der Waals surface area contributed by atoms with Gasteiger partial charge in [-0.25, -0.2) is 0 Å². The van der Waals surface area contributed by atoms with E-state index in [2.05, 4.69) is 110 Å². The molecule has 3 aromatic rings. The van der Waals surface area contributed by atoms with Crippen molar-refractivity contribution in [3.05, 3.63) is 76.9 Å². The van der Waals surface area contributed by atoms with Gasteiger partial charge < -0.3 is 0 Å². The summed E-state index contributed by atoms with van der Waals surface area (Å²) >= 11 is 5.20. The summed E-state index contributed by atoms with van der Waals surface area (Å²) in [6, 6.07) is 20.3. The fraction of sp³-hybridized carbons (Fsp3) is 0.400. The number of hydrogen-bond donors (Lipinski definition) is 1. The van der Waals surface area contributed by atoms with Crippen LogP contribution in [-0.4, -0.2) is 0 Å². The lowest BCUT2D eigenvalue weighted by Crippen LogP contribution is -2.03. The molecule has 0 aliphatic carbocycles. The summed E-state index contributed by atoms with van der Waals surface area (Å²) in [4.78, 5) is 1.09. The summed E-state index contributed by atoms with van der Waals surface area (Å²) in [5.41, 5.74) is 10.9. The second kappa shape index (κ2) is 9.65. The van der Waals surface area contributed by atoms with Crippen molar-refractivity contribution in [3.8, 4) is 22.3 Å². The molecule has 0 aliphatic rings. The van der Waals surface area contributed by atoms with Gasteiger partial charge in [0, 0.05) is 4.90 Å². The van der Waals surface area contributed by atoms with E-state index < -0.39 is 0 Å². The molecule has 0 saturated carbocycles. The van der Waals surface area contributed by atoms with Gasteiger partial charge >= 0.3 is 0 Å². The second-order valence-electron chi connectivity index (χ2n) is 9.94. The number of hydrogen-bond acceptors (Lipinski definition) is 1. The van der Waals surface area contributed by atoms with Gasteiger partial charge in [-0.15, -0.1) is 12.6 Å². The molecule has 0 bridgehead atoms. The first kappa shape index (κ1) is 23.7. The van der Waals surface area contributed by atoms with Gasteiger partial charge in [0.1, 0.15) is 0 Å². The fourth-order valence-electron chi connectivity index (χ4n) is 4.67. The van der Waals surface area contributed by atoms with Crippen molar-refractivity contribution in [2.24, 2.45) is 0 Å². The van der Waals surface area contributed by atoms with Crippen molar-refractivity contribution in [1.29, 1.82) is 0 Å². The molecule has 0 saturated heterocycles. The standard InChI is InChI=1S/C30H38S/c1-18(2)22-12-9-13-23(19(3)4)28(22)26-16-11-17-27(30(26)31)29-24(20(5)6)14-10-15-25(29)21(7)8/h9-21,31H,1-8H3. The van der Waals surface area contributed by atoms with E-state index in [0.717, 1.165) is 4.90 Å². The minimum Gasteiger partial charge on any atom is -0.142 e. The van der Waals surface area contributed by atoms with Crippen molar-refractivity contribution in [1.82, 2.24) is 0 Å². The van der Waals surface area contributed by atoms with Crippen molar-refractivity contribution >= 4 is 12.6 Å². The molecule has 0 atom stereocenters. The van der Waals surface area contributed by atoms with E-state index in [1.807, 2.05) is 0 Å². The van der Waals surface area contributed by atoms with Crippen LogP contribution in [0.3, 0.4) is 0 Å². The average molecular weight is 431 g/mol. The third-order valence-electron chi connectivity index (χ3n) is 6.32. The van der Waals surface area contributed by atoms with E-state index in [-0.39, 0.29) is 0 Å². The highest BCUT2D eigenvalue weighted by atomic mass is 32.1. The minimum absolute atomic E-state index is 0.458. The monoisotopic (exact) mass is 430 g/mol. The molecular weight excluding hydrogens is 392 g/mol. The molecule has 3 rings (SSSR count). The Balaban J connectivity index is 2.38. The molecule has 0 unspecified atom stereocenters. The Bertz CT molecular complexity index is 920. The second-order valence-corrected chi connectivity index (χ2v) is 10.4. The van der Waals surface area contributed by atoms with Crippen LogP contribution in [0.5, 0.6) is 0 Å². The molecule has 0 fully saturated rings. The highest BCUT2D eigenvalue weighted by molar-refractivity contribution is 7.80. The molecule has 31 heavy (non-hydrogen) atoms. The largest absolute Gasteiger partial charge is 0.142 e. The van der Waals surface area contributed by atoms with Crippen LogP contribution in [0.2, 0.25) is 0 Å². The molecular formula is C30H38S. The van der Waals surface area contributed by atoms with Crippen LogP contribution in [0, 0.1) is 0 Å². The van der Waals surface area contributed by atoms with Crippen LogP contribution in [0.1, 0.15) is 101 Å². The first-order valence-electron chi connectivity index (χ1n) is 11.7. The number of benzene rings is 3. The zero-order valence-electron chi connectivity index (χ0n) is 20.5. The molecule has 0 nitrogen and oxygen atoms in total. The minimum atomic E-state index is 0.458. The predicted octanol–water partition coefficient (Wildman–Crippen LogP) is 9.80.